The summed E-state index contributed by atoms with van der Waals surface area (Å²) in [5, 5.41) is 9.09. The maximum Gasteiger partial charge on any atom is 0.336 e. The molecule has 0 amide bonds. The van der Waals surface area contributed by atoms with Crippen LogP contribution in [0.5, 0.6) is 0 Å². The lowest BCUT2D eigenvalue weighted by molar-refractivity contribution is -0.148. The van der Waals surface area contributed by atoms with E-state index in [1.807, 2.05) is 0 Å². The molecule has 1 aliphatic rings. The number of methoxy groups -OCH3 is 1. The van der Waals surface area contributed by atoms with Gasteiger partial charge in [-0.2, -0.15) is 0 Å². The lowest BCUT2D eigenvalue weighted by atomic mass is 10.2. The highest BCUT2D eigenvalue weighted by atomic mass is 79.9. The van der Waals surface area contributed by atoms with Crippen LogP contribution in [-0.4, -0.2) is 41.8 Å². The van der Waals surface area contributed by atoms with Crippen LogP contribution in [0, 0.1) is 0 Å². The maximum atomic E-state index is 10.7. The van der Waals surface area contributed by atoms with Crippen molar-refractivity contribution < 1.29 is 19.4 Å². The SMILES string of the molecule is COC[C@@H]1OC(=O)[C@H](O)[C@H]1Br. The second-order valence-electron chi connectivity index (χ2n) is 2.32. The fourth-order valence-corrected chi connectivity index (χ4v) is 1.38. The van der Waals surface area contributed by atoms with Crippen LogP contribution in [0.25, 0.3) is 0 Å². The summed E-state index contributed by atoms with van der Waals surface area (Å²) in [5.74, 6) is -0.589. The Bertz CT molecular complexity index is 161. The molecule has 11 heavy (non-hydrogen) atoms. The van der Waals surface area contributed by atoms with Gasteiger partial charge in [-0.3, -0.25) is 0 Å². The van der Waals surface area contributed by atoms with Crippen molar-refractivity contribution in [2.75, 3.05) is 13.7 Å². The Kier molecular flexibility index (Phi) is 2.86. The molecule has 1 fully saturated rings. The largest absolute Gasteiger partial charge is 0.457 e. The molecule has 0 spiro atoms. The Morgan fingerprint density at radius 2 is 2.45 bits per heavy atom. The van der Waals surface area contributed by atoms with Crippen molar-refractivity contribution in [3.05, 3.63) is 0 Å². The zero-order valence-corrected chi connectivity index (χ0v) is 7.58. The molecule has 5 heteroatoms. The van der Waals surface area contributed by atoms with Gasteiger partial charge in [0, 0.05) is 7.11 Å². The van der Waals surface area contributed by atoms with E-state index >= 15 is 0 Å². The van der Waals surface area contributed by atoms with Crippen LogP contribution in [0.15, 0.2) is 0 Å². The van der Waals surface area contributed by atoms with Crippen molar-refractivity contribution in [3.63, 3.8) is 0 Å². The highest BCUT2D eigenvalue weighted by Gasteiger charge is 2.41. The Morgan fingerprint density at radius 1 is 1.82 bits per heavy atom. The van der Waals surface area contributed by atoms with Crippen LogP contribution in [0.3, 0.4) is 0 Å². The van der Waals surface area contributed by atoms with E-state index in [-0.39, 0.29) is 10.9 Å². The van der Waals surface area contributed by atoms with Gasteiger partial charge >= 0.3 is 5.97 Å². The summed E-state index contributed by atoms with van der Waals surface area (Å²) in [6, 6.07) is 0. The predicted octanol–water partition coefficient (Wildman–Crippen LogP) is -0.317. The molecule has 1 rings (SSSR count). The Morgan fingerprint density at radius 3 is 2.82 bits per heavy atom. The predicted molar refractivity (Wildman–Crippen MR) is 40.5 cm³/mol. The molecule has 0 radical (unpaired) electrons. The van der Waals surface area contributed by atoms with Gasteiger partial charge in [-0.05, 0) is 0 Å². The van der Waals surface area contributed by atoms with E-state index in [4.69, 9.17) is 14.6 Å². The number of esters is 1. The molecular weight excluding hydrogens is 216 g/mol. The first-order valence-electron chi connectivity index (χ1n) is 3.18. The van der Waals surface area contributed by atoms with Gasteiger partial charge in [-0.1, -0.05) is 15.9 Å². The number of alkyl halides is 1. The quantitative estimate of drug-likeness (QED) is 0.517. The molecule has 4 nitrogen and oxygen atoms in total. The third-order valence-electron chi connectivity index (χ3n) is 1.50. The normalized spacial score (nSPS) is 37.4. The van der Waals surface area contributed by atoms with Gasteiger partial charge in [-0.25, -0.2) is 4.79 Å². The minimum absolute atomic E-state index is 0.304. The molecule has 1 saturated heterocycles. The van der Waals surface area contributed by atoms with Gasteiger partial charge in [0.2, 0.25) is 0 Å². The summed E-state index contributed by atoms with van der Waals surface area (Å²) >= 11 is 3.14. The second-order valence-corrected chi connectivity index (χ2v) is 3.38. The summed E-state index contributed by atoms with van der Waals surface area (Å²) in [6.45, 7) is 0.304. The van der Waals surface area contributed by atoms with E-state index in [1.54, 1.807) is 0 Å². The summed E-state index contributed by atoms with van der Waals surface area (Å²) in [4.78, 5) is 10.4. The molecule has 0 aromatic carbocycles. The Balaban J connectivity index is 2.52. The number of cyclic esters (lactones) is 1. The number of hydrogen-bond donors (Lipinski definition) is 1. The van der Waals surface area contributed by atoms with Gasteiger partial charge in [0.25, 0.3) is 0 Å². The number of carbonyl (C=O) groups excluding carboxylic acids is 1. The van der Waals surface area contributed by atoms with Crippen molar-refractivity contribution in [2.24, 2.45) is 0 Å². The number of aliphatic hydroxyl groups excluding tert-OH is 1. The number of carbonyl (C=O) groups is 1. The Labute approximate surface area is 72.6 Å². The molecule has 1 aliphatic heterocycles. The molecule has 64 valence electrons. The van der Waals surface area contributed by atoms with Crippen LogP contribution in [-0.2, 0) is 14.3 Å². The van der Waals surface area contributed by atoms with Crippen LogP contribution in [0.2, 0.25) is 0 Å². The molecule has 0 aromatic heterocycles. The first kappa shape index (κ1) is 8.96. The van der Waals surface area contributed by atoms with E-state index in [0.717, 1.165) is 0 Å². The highest BCUT2D eigenvalue weighted by molar-refractivity contribution is 9.09. The van der Waals surface area contributed by atoms with Crippen LogP contribution >= 0.6 is 15.9 Å². The molecular formula is C6H9BrO4. The summed E-state index contributed by atoms with van der Waals surface area (Å²) in [7, 11) is 1.51. The van der Waals surface area contributed by atoms with E-state index in [0.29, 0.717) is 6.61 Å². The van der Waals surface area contributed by atoms with Gasteiger partial charge < -0.3 is 14.6 Å². The fraction of sp³-hybridized carbons (Fsp3) is 0.833. The number of aliphatic hydroxyl groups is 1. The van der Waals surface area contributed by atoms with E-state index < -0.39 is 12.1 Å². The van der Waals surface area contributed by atoms with Crippen LogP contribution in [0.4, 0.5) is 0 Å². The van der Waals surface area contributed by atoms with E-state index in [1.165, 1.54) is 7.11 Å². The average molecular weight is 225 g/mol. The summed E-state index contributed by atoms with van der Waals surface area (Å²) < 4.78 is 9.54. The Hall–Kier alpha value is -0.130. The first-order valence-corrected chi connectivity index (χ1v) is 4.10. The third-order valence-corrected chi connectivity index (χ3v) is 2.59. The van der Waals surface area contributed by atoms with Crippen molar-refractivity contribution in [3.8, 4) is 0 Å². The topological polar surface area (TPSA) is 55.8 Å². The number of halogens is 1. The molecule has 0 bridgehead atoms. The molecule has 0 aliphatic carbocycles. The average Bonchev–Trinajstić information content (AvgIpc) is 2.19. The maximum absolute atomic E-state index is 10.7. The van der Waals surface area contributed by atoms with Crippen molar-refractivity contribution in [1.29, 1.82) is 0 Å². The molecule has 1 heterocycles. The smallest absolute Gasteiger partial charge is 0.336 e. The highest BCUT2D eigenvalue weighted by Crippen LogP contribution is 2.22. The van der Waals surface area contributed by atoms with Crippen molar-refractivity contribution in [1.82, 2.24) is 0 Å². The lowest BCUT2D eigenvalue weighted by Gasteiger charge is -2.10. The molecule has 0 saturated carbocycles. The summed E-state index contributed by atoms with van der Waals surface area (Å²) in [5.41, 5.74) is 0. The van der Waals surface area contributed by atoms with Gasteiger partial charge in [-0.15, -0.1) is 0 Å². The summed E-state index contributed by atoms with van der Waals surface area (Å²) in [6.07, 6.45) is -1.43. The monoisotopic (exact) mass is 224 g/mol. The third kappa shape index (κ3) is 1.72. The first-order chi connectivity index (χ1) is 5.16. The van der Waals surface area contributed by atoms with Gasteiger partial charge in [0.05, 0.1) is 11.4 Å². The zero-order chi connectivity index (χ0) is 8.43. The molecule has 1 N–H and O–H groups in total. The van der Waals surface area contributed by atoms with Gasteiger partial charge in [0.15, 0.2) is 6.10 Å². The van der Waals surface area contributed by atoms with Crippen molar-refractivity contribution in [2.45, 2.75) is 17.0 Å². The molecule has 3 atom stereocenters. The van der Waals surface area contributed by atoms with Crippen LogP contribution in [0.1, 0.15) is 0 Å². The fourth-order valence-electron chi connectivity index (χ4n) is 0.907. The standard InChI is InChI=1S/C6H9BrO4/c1-10-2-3-4(7)5(8)6(9)11-3/h3-5,8H,2H2,1H3/t3-,4-,5+/m0/s1. The number of ether oxygens (including phenoxy) is 2. The van der Waals surface area contributed by atoms with Crippen LogP contribution < -0.4 is 0 Å². The minimum Gasteiger partial charge on any atom is -0.457 e. The number of hydrogen-bond acceptors (Lipinski definition) is 4. The van der Waals surface area contributed by atoms with E-state index in [9.17, 15) is 4.79 Å². The molecule has 0 aromatic rings. The second kappa shape index (κ2) is 3.51. The van der Waals surface area contributed by atoms with Gasteiger partial charge in [0.1, 0.15) is 6.10 Å². The lowest BCUT2D eigenvalue weighted by Crippen LogP contribution is -2.27. The minimum atomic E-state index is -1.06. The molecule has 0 unspecified atom stereocenters. The van der Waals surface area contributed by atoms with Crippen molar-refractivity contribution >= 4 is 21.9 Å². The zero-order valence-electron chi connectivity index (χ0n) is 5.99. The number of rotatable bonds is 2. The van der Waals surface area contributed by atoms with E-state index in [2.05, 4.69) is 15.9 Å².